The van der Waals surface area contributed by atoms with Crippen LogP contribution in [0.25, 0.3) is 0 Å². The van der Waals surface area contributed by atoms with E-state index in [1.165, 1.54) is 19.3 Å². The molecule has 0 spiro atoms. The normalized spacial score (nSPS) is 22.7. The van der Waals surface area contributed by atoms with E-state index in [9.17, 15) is 5.11 Å². The Balaban J connectivity index is 1.92. The fourth-order valence-electron chi connectivity index (χ4n) is 3.52. The first-order valence-corrected chi connectivity index (χ1v) is 8.78. The molecule has 0 radical (unpaired) electrons. The number of aliphatic hydroxyl groups is 1. The van der Waals surface area contributed by atoms with Crippen LogP contribution in [0.5, 0.6) is 0 Å². The van der Waals surface area contributed by atoms with Crippen LogP contribution in [0.4, 0.5) is 0 Å². The molecular formula is C17H34N2O2. The van der Waals surface area contributed by atoms with Crippen molar-refractivity contribution in [3.8, 4) is 0 Å². The molecule has 2 N–H and O–H groups in total. The fourth-order valence-corrected chi connectivity index (χ4v) is 3.52. The van der Waals surface area contributed by atoms with Gasteiger partial charge in [0.05, 0.1) is 6.61 Å². The Hall–Kier alpha value is -0.160. The highest BCUT2D eigenvalue weighted by atomic mass is 16.5. The van der Waals surface area contributed by atoms with Crippen molar-refractivity contribution in [2.45, 2.75) is 52.0 Å². The third-order valence-electron chi connectivity index (χ3n) is 5.12. The second-order valence-corrected chi connectivity index (χ2v) is 7.42. The second kappa shape index (κ2) is 8.47. The lowest BCUT2D eigenvalue weighted by Crippen LogP contribution is -2.52. The van der Waals surface area contributed by atoms with Gasteiger partial charge in [0.25, 0.3) is 0 Å². The topological polar surface area (TPSA) is 44.7 Å². The molecule has 0 atom stereocenters. The molecule has 2 aliphatic rings. The molecule has 1 aliphatic carbocycles. The molecular weight excluding hydrogens is 264 g/mol. The maximum absolute atomic E-state index is 9.39. The van der Waals surface area contributed by atoms with Gasteiger partial charge in [0, 0.05) is 38.9 Å². The van der Waals surface area contributed by atoms with Crippen LogP contribution in [0.1, 0.15) is 46.0 Å². The molecule has 0 unspecified atom stereocenters. The van der Waals surface area contributed by atoms with Crippen LogP contribution in [0.3, 0.4) is 0 Å². The lowest BCUT2D eigenvalue weighted by Gasteiger charge is -2.46. The smallest absolute Gasteiger partial charge is 0.0558 e. The van der Waals surface area contributed by atoms with Gasteiger partial charge in [-0.05, 0) is 43.6 Å². The van der Waals surface area contributed by atoms with Crippen LogP contribution in [-0.2, 0) is 4.74 Å². The molecule has 0 aromatic heterocycles. The number of rotatable bonds is 9. The van der Waals surface area contributed by atoms with Crippen LogP contribution in [0.15, 0.2) is 0 Å². The number of ether oxygens (including phenoxy) is 1. The zero-order valence-electron chi connectivity index (χ0n) is 13.9. The Labute approximate surface area is 130 Å². The molecule has 1 aliphatic heterocycles. The highest BCUT2D eigenvalue weighted by Crippen LogP contribution is 2.34. The van der Waals surface area contributed by atoms with Gasteiger partial charge < -0.3 is 15.2 Å². The van der Waals surface area contributed by atoms with Gasteiger partial charge in [0.15, 0.2) is 0 Å². The summed E-state index contributed by atoms with van der Waals surface area (Å²) in [6.45, 7) is 10.7. The predicted molar refractivity (Wildman–Crippen MR) is 86.5 cm³/mol. The Morgan fingerprint density at radius 3 is 2.52 bits per heavy atom. The molecule has 0 aromatic carbocycles. The Morgan fingerprint density at radius 2 is 2.00 bits per heavy atom. The monoisotopic (exact) mass is 298 g/mol. The van der Waals surface area contributed by atoms with Crippen molar-refractivity contribution in [1.29, 1.82) is 0 Å². The standard InChI is InChI=1S/C17H34N2O2/c1-15(2)12-18-13-17(6-10-21-11-7-17)14-19(8-9-20)16-4-3-5-16/h15-16,18,20H,3-14H2,1-2H3. The van der Waals surface area contributed by atoms with E-state index in [1.807, 2.05) is 0 Å². The van der Waals surface area contributed by atoms with Gasteiger partial charge in [0.2, 0.25) is 0 Å². The van der Waals surface area contributed by atoms with E-state index >= 15 is 0 Å². The van der Waals surface area contributed by atoms with E-state index in [0.29, 0.717) is 17.4 Å². The molecule has 4 heteroatoms. The molecule has 2 fully saturated rings. The highest BCUT2D eigenvalue weighted by Gasteiger charge is 2.37. The fraction of sp³-hybridized carbons (Fsp3) is 1.00. The molecule has 21 heavy (non-hydrogen) atoms. The van der Waals surface area contributed by atoms with Gasteiger partial charge in [-0.2, -0.15) is 0 Å². The number of hydrogen-bond donors (Lipinski definition) is 2. The first-order chi connectivity index (χ1) is 10.2. The summed E-state index contributed by atoms with van der Waals surface area (Å²) in [6, 6.07) is 0.710. The number of hydrogen-bond acceptors (Lipinski definition) is 4. The van der Waals surface area contributed by atoms with Crippen molar-refractivity contribution < 1.29 is 9.84 Å². The summed E-state index contributed by atoms with van der Waals surface area (Å²) in [5.74, 6) is 0.696. The summed E-state index contributed by atoms with van der Waals surface area (Å²) >= 11 is 0. The van der Waals surface area contributed by atoms with Crippen molar-refractivity contribution in [2.24, 2.45) is 11.3 Å². The average Bonchev–Trinajstić information content (AvgIpc) is 2.37. The van der Waals surface area contributed by atoms with Gasteiger partial charge in [-0.3, -0.25) is 4.90 Å². The minimum Gasteiger partial charge on any atom is -0.395 e. The van der Waals surface area contributed by atoms with E-state index < -0.39 is 0 Å². The average molecular weight is 298 g/mol. The molecule has 0 aromatic rings. The van der Waals surface area contributed by atoms with Crippen molar-refractivity contribution >= 4 is 0 Å². The van der Waals surface area contributed by atoms with Crippen molar-refractivity contribution in [3.63, 3.8) is 0 Å². The molecule has 1 saturated heterocycles. The van der Waals surface area contributed by atoms with Gasteiger partial charge in [-0.15, -0.1) is 0 Å². The molecule has 1 heterocycles. The molecule has 4 nitrogen and oxygen atoms in total. The first-order valence-electron chi connectivity index (χ1n) is 8.78. The quantitative estimate of drug-likeness (QED) is 0.682. The minimum absolute atomic E-state index is 0.280. The van der Waals surface area contributed by atoms with Crippen LogP contribution in [0.2, 0.25) is 0 Å². The third-order valence-corrected chi connectivity index (χ3v) is 5.12. The summed E-state index contributed by atoms with van der Waals surface area (Å²) in [6.07, 6.45) is 6.27. The van der Waals surface area contributed by atoms with E-state index in [-0.39, 0.29) is 6.61 Å². The van der Waals surface area contributed by atoms with E-state index in [1.54, 1.807) is 0 Å². The van der Waals surface area contributed by atoms with Gasteiger partial charge in [0.1, 0.15) is 0 Å². The van der Waals surface area contributed by atoms with E-state index in [4.69, 9.17) is 4.74 Å². The number of aliphatic hydroxyl groups excluding tert-OH is 1. The zero-order valence-corrected chi connectivity index (χ0v) is 13.9. The van der Waals surface area contributed by atoms with Crippen molar-refractivity contribution in [1.82, 2.24) is 10.2 Å². The van der Waals surface area contributed by atoms with Crippen LogP contribution in [0, 0.1) is 11.3 Å². The van der Waals surface area contributed by atoms with Gasteiger partial charge >= 0.3 is 0 Å². The van der Waals surface area contributed by atoms with Crippen LogP contribution >= 0.6 is 0 Å². The summed E-state index contributed by atoms with van der Waals surface area (Å²) in [5, 5.41) is 13.1. The maximum Gasteiger partial charge on any atom is 0.0558 e. The molecule has 1 saturated carbocycles. The molecule has 2 rings (SSSR count). The summed E-state index contributed by atoms with van der Waals surface area (Å²) in [5.41, 5.74) is 0.331. The summed E-state index contributed by atoms with van der Waals surface area (Å²) < 4.78 is 5.60. The molecule has 0 bridgehead atoms. The molecule has 124 valence electrons. The Morgan fingerprint density at radius 1 is 1.29 bits per heavy atom. The lowest BCUT2D eigenvalue weighted by molar-refractivity contribution is -0.0233. The third kappa shape index (κ3) is 5.20. The van der Waals surface area contributed by atoms with Gasteiger partial charge in [-0.25, -0.2) is 0 Å². The highest BCUT2D eigenvalue weighted by molar-refractivity contribution is 4.91. The van der Waals surface area contributed by atoms with Gasteiger partial charge in [-0.1, -0.05) is 20.3 Å². The summed E-state index contributed by atoms with van der Waals surface area (Å²) in [7, 11) is 0. The van der Waals surface area contributed by atoms with Crippen LogP contribution < -0.4 is 5.32 Å². The SMILES string of the molecule is CC(C)CNCC1(CN(CCO)C2CCC2)CCOCC1. The Bertz CT molecular complexity index is 287. The largest absolute Gasteiger partial charge is 0.395 e. The zero-order chi connectivity index (χ0) is 15.1. The summed E-state index contributed by atoms with van der Waals surface area (Å²) in [4.78, 5) is 2.55. The first kappa shape index (κ1) is 17.2. The number of nitrogens with zero attached hydrogens (tertiary/aromatic N) is 1. The maximum atomic E-state index is 9.39. The minimum atomic E-state index is 0.280. The van der Waals surface area contributed by atoms with E-state index in [2.05, 4.69) is 24.1 Å². The van der Waals surface area contributed by atoms with E-state index in [0.717, 1.165) is 52.2 Å². The second-order valence-electron chi connectivity index (χ2n) is 7.42. The van der Waals surface area contributed by atoms with Crippen molar-refractivity contribution in [2.75, 3.05) is 46.0 Å². The lowest BCUT2D eigenvalue weighted by atomic mass is 9.78. The Kier molecular flexibility index (Phi) is 6.93. The predicted octanol–water partition coefficient (Wildman–Crippen LogP) is 1.88. The molecule has 0 amide bonds. The van der Waals surface area contributed by atoms with Crippen molar-refractivity contribution in [3.05, 3.63) is 0 Å². The van der Waals surface area contributed by atoms with Crippen LogP contribution in [-0.4, -0.2) is 62.0 Å². The number of nitrogens with one attached hydrogen (secondary N) is 1.